The second-order valence-electron chi connectivity index (χ2n) is 5.62. The molecule has 0 saturated heterocycles. The molecule has 0 aliphatic rings. The molecule has 0 bridgehead atoms. The number of hydrogen-bond acceptors (Lipinski definition) is 5. The van der Waals surface area contributed by atoms with Crippen LogP contribution in [0.3, 0.4) is 0 Å². The highest BCUT2D eigenvalue weighted by Crippen LogP contribution is 2.15. The molecule has 0 spiro atoms. The van der Waals surface area contributed by atoms with Crippen LogP contribution in [0.2, 0.25) is 0 Å². The molecular weight excluding hydrogens is 360 g/mol. The van der Waals surface area contributed by atoms with E-state index in [0.717, 1.165) is 5.56 Å². The van der Waals surface area contributed by atoms with Gasteiger partial charge in [0.2, 0.25) is 5.09 Å². The third-order valence-corrected chi connectivity index (χ3v) is 4.99. The minimum absolute atomic E-state index is 0.102. The summed E-state index contributed by atoms with van der Waals surface area (Å²) in [5, 5.41) is 11.2. The van der Waals surface area contributed by atoms with Crippen molar-refractivity contribution in [3.05, 3.63) is 53.8 Å². The summed E-state index contributed by atoms with van der Waals surface area (Å²) in [5.74, 6) is -1.72. The van der Waals surface area contributed by atoms with E-state index in [9.17, 15) is 18.0 Å². The molecule has 1 aromatic heterocycles. The first-order chi connectivity index (χ1) is 12.3. The molecule has 0 fully saturated rings. The lowest BCUT2D eigenvalue weighted by atomic mass is 10.0. The van der Waals surface area contributed by atoms with Crippen LogP contribution in [0.15, 0.2) is 52.0 Å². The Kier molecular flexibility index (Phi) is 6.53. The van der Waals surface area contributed by atoms with Gasteiger partial charge in [-0.1, -0.05) is 30.3 Å². The number of nitrogens with one attached hydrogen (secondary N) is 2. The second-order valence-corrected chi connectivity index (χ2v) is 7.44. The van der Waals surface area contributed by atoms with Gasteiger partial charge in [-0.2, -0.15) is 0 Å². The van der Waals surface area contributed by atoms with Gasteiger partial charge in [-0.3, -0.25) is 9.59 Å². The number of rotatable bonds is 9. The van der Waals surface area contributed by atoms with Crippen molar-refractivity contribution in [2.24, 2.45) is 0 Å². The predicted octanol–water partition coefficient (Wildman–Crippen LogP) is 1.39. The number of amides is 1. The fourth-order valence-electron chi connectivity index (χ4n) is 2.37. The van der Waals surface area contributed by atoms with Crippen LogP contribution in [0, 0.1) is 0 Å². The van der Waals surface area contributed by atoms with Crippen LogP contribution in [-0.4, -0.2) is 38.5 Å². The van der Waals surface area contributed by atoms with Crippen LogP contribution < -0.4 is 10.0 Å². The Balaban J connectivity index is 2.11. The maximum absolute atomic E-state index is 12.4. The number of hydrogen-bond donors (Lipinski definition) is 3. The van der Waals surface area contributed by atoms with Crippen LogP contribution in [-0.2, 0) is 21.2 Å². The summed E-state index contributed by atoms with van der Waals surface area (Å²) >= 11 is 0. The van der Waals surface area contributed by atoms with E-state index < -0.39 is 27.9 Å². The normalized spacial score (nSPS) is 12.5. The lowest BCUT2D eigenvalue weighted by Crippen LogP contribution is -2.36. The molecule has 26 heavy (non-hydrogen) atoms. The highest BCUT2D eigenvalue weighted by molar-refractivity contribution is 7.89. The fraction of sp³-hybridized carbons (Fsp3) is 0.294. The molecule has 3 N–H and O–H groups in total. The Labute approximate surface area is 151 Å². The van der Waals surface area contributed by atoms with Gasteiger partial charge in [-0.25, -0.2) is 13.1 Å². The quantitative estimate of drug-likeness (QED) is 0.604. The molecule has 140 valence electrons. The lowest BCUT2D eigenvalue weighted by molar-refractivity contribution is -0.137. The van der Waals surface area contributed by atoms with Crippen molar-refractivity contribution in [2.45, 2.75) is 30.4 Å². The zero-order valence-corrected chi connectivity index (χ0v) is 15.0. The summed E-state index contributed by atoms with van der Waals surface area (Å²) in [6.45, 7) is 0. The van der Waals surface area contributed by atoms with Gasteiger partial charge >= 0.3 is 5.97 Å². The molecule has 1 unspecified atom stereocenters. The Bertz CT molecular complexity index is 860. The number of carbonyl (C=O) groups excluding carboxylic acids is 1. The number of carboxylic acids is 1. The average Bonchev–Trinajstić information content (AvgIpc) is 3.11. The fourth-order valence-corrected chi connectivity index (χ4v) is 3.01. The first-order valence-electron chi connectivity index (χ1n) is 7.92. The van der Waals surface area contributed by atoms with E-state index >= 15 is 0 Å². The van der Waals surface area contributed by atoms with Gasteiger partial charge < -0.3 is 14.8 Å². The number of furan rings is 1. The van der Waals surface area contributed by atoms with E-state index in [1.165, 1.54) is 19.2 Å². The van der Waals surface area contributed by atoms with Gasteiger partial charge in [0, 0.05) is 12.5 Å². The Hall–Kier alpha value is -2.65. The van der Waals surface area contributed by atoms with E-state index in [1.54, 1.807) is 0 Å². The summed E-state index contributed by atoms with van der Waals surface area (Å²) in [4.78, 5) is 23.2. The zero-order valence-electron chi connectivity index (χ0n) is 14.1. The molecule has 9 heteroatoms. The summed E-state index contributed by atoms with van der Waals surface area (Å²) in [6, 6.07) is 11.3. The topological polar surface area (TPSA) is 126 Å². The Morgan fingerprint density at radius 3 is 2.46 bits per heavy atom. The molecule has 2 rings (SSSR count). The number of benzene rings is 1. The van der Waals surface area contributed by atoms with Crippen molar-refractivity contribution in [1.29, 1.82) is 0 Å². The molecule has 0 radical (unpaired) electrons. The molecule has 1 amide bonds. The number of aliphatic carboxylic acids is 1. The Morgan fingerprint density at radius 1 is 1.15 bits per heavy atom. The zero-order chi connectivity index (χ0) is 19.2. The van der Waals surface area contributed by atoms with Crippen LogP contribution in [0.1, 0.15) is 29.0 Å². The number of sulfonamides is 1. The van der Waals surface area contributed by atoms with Crippen molar-refractivity contribution in [1.82, 2.24) is 10.0 Å². The molecule has 0 aliphatic heterocycles. The molecule has 2 aromatic rings. The minimum atomic E-state index is -3.78. The van der Waals surface area contributed by atoms with Crippen LogP contribution in [0.5, 0.6) is 0 Å². The summed E-state index contributed by atoms with van der Waals surface area (Å²) in [5.41, 5.74) is 0.945. The van der Waals surface area contributed by atoms with E-state index in [4.69, 9.17) is 9.52 Å². The SMILES string of the molecule is CNS(=O)(=O)c1ccc(C(=O)NC(CCC(=O)O)Cc2ccccc2)o1. The third-order valence-electron chi connectivity index (χ3n) is 3.71. The van der Waals surface area contributed by atoms with E-state index in [0.29, 0.717) is 6.42 Å². The standard InChI is InChI=1S/C17H20N2O6S/c1-18-26(23,24)16-10-8-14(25-16)17(22)19-13(7-9-15(20)21)11-12-5-3-2-4-6-12/h2-6,8,10,13,18H,7,9,11H2,1H3,(H,19,22)(H,20,21). The van der Waals surface area contributed by atoms with Gasteiger partial charge in [0.25, 0.3) is 15.9 Å². The maximum atomic E-state index is 12.4. The van der Waals surface area contributed by atoms with Crippen LogP contribution >= 0.6 is 0 Å². The third kappa shape index (κ3) is 5.43. The highest BCUT2D eigenvalue weighted by Gasteiger charge is 2.22. The highest BCUT2D eigenvalue weighted by atomic mass is 32.2. The van der Waals surface area contributed by atoms with Crippen molar-refractivity contribution < 1.29 is 27.5 Å². The van der Waals surface area contributed by atoms with Crippen molar-refractivity contribution in [3.8, 4) is 0 Å². The smallest absolute Gasteiger partial charge is 0.303 e. The van der Waals surface area contributed by atoms with Gasteiger partial charge in [0.1, 0.15) is 0 Å². The van der Waals surface area contributed by atoms with E-state index in [1.807, 2.05) is 30.3 Å². The largest absolute Gasteiger partial charge is 0.481 e. The van der Waals surface area contributed by atoms with E-state index in [2.05, 4.69) is 10.0 Å². The molecule has 8 nitrogen and oxygen atoms in total. The van der Waals surface area contributed by atoms with E-state index in [-0.39, 0.29) is 23.7 Å². The molecule has 0 aliphatic carbocycles. The number of carboxylic acid groups (broad SMARTS) is 1. The van der Waals surface area contributed by atoms with Gasteiger partial charge in [-0.05, 0) is 37.6 Å². The van der Waals surface area contributed by atoms with Crippen molar-refractivity contribution >= 4 is 21.9 Å². The number of carbonyl (C=O) groups is 2. The van der Waals surface area contributed by atoms with Crippen LogP contribution in [0.4, 0.5) is 0 Å². The van der Waals surface area contributed by atoms with Gasteiger partial charge in [-0.15, -0.1) is 0 Å². The lowest BCUT2D eigenvalue weighted by Gasteiger charge is -2.17. The van der Waals surface area contributed by atoms with Crippen molar-refractivity contribution in [2.75, 3.05) is 7.05 Å². The van der Waals surface area contributed by atoms with Crippen LogP contribution in [0.25, 0.3) is 0 Å². The molecule has 1 aromatic carbocycles. The minimum Gasteiger partial charge on any atom is -0.481 e. The first-order valence-corrected chi connectivity index (χ1v) is 9.40. The molecule has 1 heterocycles. The van der Waals surface area contributed by atoms with Gasteiger partial charge in [0.05, 0.1) is 0 Å². The summed E-state index contributed by atoms with van der Waals surface area (Å²) < 4.78 is 30.5. The first kappa shape index (κ1) is 19.7. The second kappa shape index (κ2) is 8.63. The van der Waals surface area contributed by atoms with Crippen molar-refractivity contribution in [3.63, 3.8) is 0 Å². The molecular formula is C17H20N2O6S. The summed E-state index contributed by atoms with van der Waals surface area (Å²) in [7, 11) is -2.55. The predicted molar refractivity (Wildman–Crippen MR) is 93.2 cm³/mol. The summed E-state index contributed by atoms with van der Waals surface area (Å²) in [6.07, 6.45) is 0.579. The molecule has 0 saturated carbocycles. The monoisotopic (exact) mass is 380 g/mol. The average molecular weight is 380 g/mol. The Morgan fingerprint density at radius 2 is 1.85 bits per heavy atom. The molecule has 1 atom stereocenters. The van der Waals surface area contributed by atoms with Gasteiger partial charge in [0.15, 0.2) is 5.76 Å². The maximum Gasteiger partial charge on any atom is 0.303 e.